The molecule has 8 nitrogen and oxygen atoms in total. The molecule has 0 radical (unpaired) electrons. The average Bonchev–Trinajstić information content (AvgIpc) is 2.61. The van der Waals surface area contributed by atoms with Crippen LogP contribution in [0.3, 0.4) is 0 Å². The molecule has 1 aliphatic rings. The smallest absolute Gasteiger partial charge is 0.407 e. The van der Waals surface area contributed by atoms with Gasteiger partial charge < -0.3 is 29.9 Å². The van der Waals surface area contributed by atoms with Crippen molar-refractivity contribution in [3.05, 3.63) is 29.8 Å². The number of likely N-dealkylation sites (tertiary alicyclic amines) is 1. The van der Waals surface area contributed by atoms with Gasteiger partial charge in [-0.2, -0.15) is 0 Å². The number of carbonyl (C=O) groups is 2. The Labute approximate surface area is 165 Å². The number of alkyl carbamates (subject to hydrolysis) is 1. The van der Waals surface area contributed by atoms with E-state index in [1.54, 1.807) is 20.8 Å². The van der Waals surface area contributed by atoms with Gasteiger partial charge in [0.2, 0.25) is 0 Å². The van der Waals surface area contributed by atoms with Crippen LogP contribution in [0.25, 0.3) is 0 Å². The second kappa shape index (κ2) is 9.64. The van der Waals surface area contributed by atoms with Gasteiger partial charge in [0, 0.05) is 25.9 Å². The minimum Gasteiger partial charge on any atom is -0.490 e. The highest BCUT2D eigenvalue weighted by atomic mass is 16.6. The zero-order chi connectivity index (χ0) is 20.7. The molecule has 1 aromatic carbocycles. The van der Waals surface area contributed by atoms with E-state index in [4.69, 9.17) is 14.6 Å². The molecule has 0 spiro atoms. The number of ether oxygens (including phenoxy) is 2. The van der Waals surface area contributed by atoms with Crippen molar-refractivity contribution in [2.45, 2.75) is 57.8 Å². The first-order chi connectivity index (χ1) is 13.2. The SMILES string of the molecule is CC(C)(C)OC(=O)N[C@H](CO)Cc1ccc(OC2CCN(C(=O)O)CC2)cc1. The summed E-state index contributed by atoms with van der Waals surface area (Å²) >= 11 is 0. The lowest BCUT2D eigenvalue weighted by Crippen LogP contribution is -2.42. The van der Waals surface area contributed by atoms with Crippen LogP contribution in [0, 0.1) is 0 Å². The van der Waals surface area contributed by atoms with Gasteiger partial charge in [-0.25, -0.2) is 9.59 Å². The van der Waals surface area contributed by atoms with E-state index in [-0.39, 0.29) is 12.7 Å². The number of nitrogens with zero attached hydrogens (tertiary/aromatic N) is 1. The fourth-order valence-electron chi connectivity index (χ4n) is 2.98. The van der Waals surface area contributed by atoms with Crippen molar-refractivity contribution in [3.8, 4) is 5.75 Å². The van der Waals surface area contributed by atoms with Gasteiger partial charge in [-0.05, 0) is 44.9 Å². The second-order valence-electron chi connectivity index (χ2n) is 7.96. The number of amides is 2. The van der Waals surface area contributed by atoms with Crippen LogP contribution in [0.15, 0.2) is 24.3 Å². The highest BCUT2D eigenvalue weighted by Crippen LogP contribution is 2.20. The number of aliphatic hydroxyl groups excluding tert-OH is 1. The van der Waals surface area contributed by atoms with E-state index in [0.29, 0.717) is 32.4 Å². The maximum absolute atomic E-state index is 11.9. The van der Waals surface area contributed by atoms with Gasteiger partial charge in [-0.1, -0.05) is 12.1 Å². The summed E-state index contributed by atoms with van der Waals surface area (Å²) in [6.07, 6.45) is 0.356. The standard InChI is InChI=1S/C20H30N2O6/c1-20(2,3)28-18(24)21-15(13-23)12-14-4-6-16(7-5-14)27-17-8-10-22(11-9-17)19(25)26/h4-7,15,17,23H,8-13H2,1-3H3,(H,21,24)(H,25,26)/t15-/m0/s1. The first-order valence-electron chi connectivity index (χ1n) is 9.50. The number of hydrogen-bond acceptors (Lipinski definition) is 5. The van der Waals surface area contributed by atoms with Gasteiger partial charge >= 0.3 is 12.2 Å². The van der Waals surface area contributed by atoms with Crippen LogP contribution in [0.5, 0.6) is 5.75 Å². The lowest BCUT2D eigenvalue weighted by molar-refractivity contribution is 0.0482. The van der Waals surface area contributed by atoms with Crippen LogP contribution in [0.4, 0.5) is 9.59 Å². The Balaban J connectivity index is 1.83. The van der Waals surface area contributed by atoms with E-state index in [0.717, 1.165) is 11.3 Å². The number of piperidine rings is 1. The zero-order valence-electron chi connectivity index (χ0n) is 16.7. The summed E-state index contributed by atoms with van der Waals surface area (Å²) < 4.78 is 11.1. The largest absolute Gasteiger partial charge is 0.490 e. The molecule has 28 heavy (non-hydrogen) atoms. The van der Waals surface area contributed by atoms with Gasteiger partial charge in [0.25, 0.3) is 0 Å². The van der Waals surface area contributed by atoms with E-state index in [2.05, 4.69) is 5.32 Å². The molecule has 1 atom stereocenters. The molecule has 3 N–H and O–H groups in total. The zero-order valence-corrected chi connectivity index (χ0v) is 16.7. The van der Waals surface area contributed by atoms with Gasteiger partial charge in [0.05, 0.1) is 12.6 Å². The number of carbonyl (C=O) groups excluding carboxylic acids is 1. The first-order valence-corrected chi connectivity index (χ1v) is 9.50. The average molecular weight is 394 g/mol. The molecular weight excluding hydrogens is 364 g/mol. The molecule has 0 bridgehead atoms. The maximum atomic E-state index is 11.9. The molecule has 156 valence electrons. The number of aliphatic hydroxyl groups is 1. The third-order valence-corrected chi connectivity index (χ3v) is 4.36. The Morgan fingerprint density at radius 2 is 1.82 bits per heavy atom. The minimum absolute atomic E-state index is 0.000440. The predicted molar refractivity (Wildman–Crippen MR) is 104 cm³/mol. The molecule has 0 aromatic heterocycles. The molecule has 1 aliphatic heterocycles. The Bertz CT molecular complexity index is 648. The number of rotatable bonds is 6. The lowest BCUT2D eigenvalue weighted by Gasteiger charge is -2.30. The summed E-state index contributed by atoms with van der Waals surface area (Å²) in [5.41, 5.74) is 0.354. The van der Waals surface area contributed by atoms with Gasteiger partial charge in [0.15, 0.2) is 0 Å². The molecule has 0 saturated carbocycles. The van der Waals surface area contributed by atoms with Crippen molar-refractivity contribution in [1.82, 2.24) is 10.2 Å². The van der Waals surface area contributed by atoms with Crippen LogP contribution in [0.2, 0.25) is 0 Å². The highest BCUT2D eigenvalue weighted by Gasteiger charge is 2.23. The monoisotopic (exact) mass is 394 g/mol. The number of benzene rings is 1. The van der Waals surface area contributed by atoms with Gasteiger partial charge in [-0.3, -0.25) is 0 Å². The summed E-state index contributed by atoms with van der Waals surface area (Å²) in [6.45, 7) is 6.11. The molecule has 1 fully saturated rings. The Kier molecular flexibility index (Phi) is 7.51. The third kappa shape index (κ3) is 7.26. The maximum Gasteiger partial charge on any atom is 0.407 e. The van der Waals surface area contributed by atoms with E-state index in [9.17, 15) is 14.7 Å². The summed E-state index contributed by atoms with van der Waals surface area (Å²) in [4.78, 5) is 24.2. The molecular formula is C20H30N2O6. The van der Waals surface area contributed by atoms with Crippen LogP contribution in [0.1, 0.15) is 39.2 Å². The molecule has 1 aromatic rings. The quantitative estimate of drug-likeness (QED) is 0.684. The van der Waals surface area contributed by atoms with Crippen molar-refractivity contribution < 1.29 is 29.3 Å². The topological polar surface area (TPSA) is 108 Å². The lowest BCUT2D eigenvalue weighted by atomic mass is 10.1. The highest BCUT2D eigenvalue weighted by molar-refractivity contribution is 5.68. The third-order valence-electron chi connectivity index (χ3n) is 4.36. The Hall–Kier alpha value is -2.48. The molecule has 1 saturated heterocycles. The molecule has 2 amide bonds. The van der Waals surface area contributed by atoms with E-state index < -0.39 is 23.8 Å². The molecule has 2 rings (SSSR count). The van der Waals surface area contributed by atoms with E-state index >= 15 is 0 Å². The number of hydrogen-bond donors (Lipinski definition) is 3. The molecule has 0 aliphatic carbocycles. The van der Waals surface area contributed by atoms with Crippen LogP contribution in [-0.4, -0.2) is 64.7 Å². The van der Waals surface area contributed by atoms with Crippen LogP contribution < -0.4 is 10.1 Å². The van der Waals surface area contributed by atoms with Crippen molar-refractivity contribution in [3.63, 3.8) is 0 Å². The summed E-state index contributed by atoms with van der Waals surface area (Å²) in [5.74, 6) is 0.721. The van der Waals surface area contributed by atoms with E-state index in [1.165, 1.54) is 4.90 Å². The normalized spacial score (nSPS) is 16.4. The molecule has 1 heterocycles. The second-order valence-corrected chi connectivity index (χ2v) is 7.96. The van der Waals surface area contributed by atoms with Crippen molar-refractivity contribution in [2.75, 3.05) is 19.7 Å². The van der Waals surface area contributed by atoms with Crippen molar-refractivity contribution in [1.29, 1.82) is 0 Å². The fraction of sp³-hybridized carbons (Fsp3) is 0.600. The Morgan fingerprint density at radius 3 is 2.32 bits per heavy atom. The fourth-order valence-corrected chi connectivity index (χ4v) is 2.98. The minimum atomic E-state index is -0.888. The Morgan fingerprint density at radius 1 is 1.21 bits per heavy atom. The van der Waals surface area contributed by atoms with Crippen LogP contribution >= 0.6 is 0 Å². The van der Waals surface area contributed by atoms with Crippen molar-refractivity contribution >= 4 is 12.2 Å². The van der Waals surface area contributed by atoms with Crippen molar-refractivity contribution in [2.24, 2.45) is 0 Å². The summed E-state index contributed by atoms with van der Waals surface area (Å²) in [6, 6.07) is 7.03. The summed E-state index contributed by atoms with van der Waals surface area (Å²) in [5, 5.41) is 21.2. The van der Waals surface area contributed by atoms with Gasteiger partial charge in [-0.15, -0.1) is 0 Å². The first kappa shape index (κ1) is 21.8. The number of carboxylic acid groups (broad SMARTS) is 1. The van der Waals surface area contributed by atoms with Crippen LogP contribution in [-0.2, 0) is 11.2 Å². The van der Waals surface area contributed by atoms with E-state index in [1.807, 2.05) is 24.3 Å². The molecule has 0 unspecified atom stereocenters. The van der Waals surface area contributed by atoms with Gasteiger partial charge in [0.1, 0.15) is 17.5 Å². The number of nitrogens with one attached hydrogen (secondary N) is 1. The predicted octanol–water partition coefficient (Wildman–Crippen LogP) is 2.64. The molecule has 8 heteroatoms. The summed E-state index contributed by atoms with van der Waals surface area (Å²) in [7, 11) is 0.